The minimum atomic E-state index is -3.71. The second-order valence-corrected chi connectivity index (χ2v) is 8.50. The Morgan fingerprint density at radius 1 is 1.00 bits per heavy atom. The Morgan fingerprint density at radius 3 is 2.11 bits per heavy atom. The molecule has 1 saturated heterocycles. The lowest BCUT2D eigenvalue weighted by atomic mass is 10.2. The van der Waals surface area contributed by atoms with Crippen LogP contribution in [0.5, 0.6) is 0 Å². The standard InChI is InChI=1S/C17H21N5O5S/c1-12(23)13-4-6-14(7-5-13)28(26,27)22-10-8-21(9-11-22)15-16(24)19(2)17(25)20(3)18-15/h4-7H,8-11H2,1-3H3. The van der Waals surface area contributed by atoms with Crippen LogP contribution in [0.3, 0.4) is 0 Å². The zero-order valence-electron chi connectivity index (χ0n) is 15.8. The number of hydrogen-bond donors (Lipinski definition) is 0. The first-order chi connectivity index (χ1) is 13.1. The Bertz CT molecular complexity index is 1130. The highest BCUT2D eigenvalue weighted by Gasteiger charge is 2.30. The summed E-state index contributed by atoms with van der Waals surface area (Å²) in [6.45, 7) is 2.30. The van der Waals surface area contributed by atoms with Crippen molar-refractivity contribution in [2.75, 3.05) is 31.1 Å². The number of carbonyl (C=O) groups is 1. The number of aromatic nitrogens is 3. The molecule has 11 heteroatoms. The predicted molar refractivity (Wildman–Crippen MR) is 102 cm³/mol. The number of ketones is 1. The van der Waals surface area contributed by atoms with Crippen LogP contribution in [0.1, 0.15) is 17.3 Å². The maximum atomic E-state index is 12.8. The van der Waals surface area contributed by atoms with Crippen molar-refractivity contribution in [1.29, 1.82) is 0 Å². The highest BCUT2D eigenvalue weighted by Crippen LogP contribution is 2.19. The van der Waals surface area contributed by atoms with E-state index in [1.807, 2.05) is 0 Å². The van der Waals surface area contributed by atoms with E-state index in [0.717, 1.165) is 9.25 Å². The number of carbonyl (C=O) groups excluding carboxylic acids is 1. The normalized spacial score (nSPS) is 15.6. The van der Waals surface area contributed by atoms with Crippen molar-refractivity contribution in [1.82, 2.24) is 18.7 Å². The Morgan fingerprint density at radius 2 is 1.57 bits per heavy atom. The number of anilines is 1. The largest absolute Gasteiger partial charge is 0.348 e. The fourth-order valence-corrected chi connectivity index (χ4v) is 4.45. The molecule has 1 aliphatic rings. The number of benzene rings is 1. The third-order valence-corrected chi connectivity index (χ3v) is 6.65. The first-order valence-corrected chi connectivity index (χ1v) is 10.1. The molecule has 2 aromatic rings. The highest BCUT2D eigenvalue weighted by atomic mass is 32.2. The topological polar surface area (TPSA) is 115 Å². The number of Topliss-reactive ketones (excluding diaryl/α,β-unsaturated/α-hetero) is 1. The Hall–Kier alpha value is -2.79. The van der Waals surface area contributed by atoms with E-state index >= 15 is 0 Å². The average molecular weight is 407 g/mol. The van der Waals surface area contributed by atoms with E-state index in [4.69, 9.17) is 0 Å². The lowest BCUT2D eigenvalue weighted by molar-refractivity contribution is 0.101. The van der Waals surface area contributed by atoms with Gasteiger partial charge in [-0.25, -0.2) is 17.9 Å². The summed E-state index contributed by atoms with van der Waals surface area (Å²) in [5.74, 6) is -0.0173. The zero-order chi connectivity index (χ0) is 20.6. The third-order valence-electron chi connectivity index (χ3n) is 4.74. The molecule has 1 aromatic carbocycles. The molecule has 0 amide bonds. The molecule has 150 valence electrons. The van der Waals surface area contributed by atoms with Crippen molar-refractivity contribution in [3.05, 3.63) is 50.7 Å². The monoisotopic (exact) mass is 407 g/mol. The van der Waals surface area contributed by atoms with Gasteiger partial charge in [0.15, 0.2) is 5.78 Å². The fourth-order valence-electron chi connectivity index (χ4n) is 3.03. The summed E-state index contributed by atoms with van der Waals surface area (Å²) in [6.07, 6.45) is 0. The van der Waals surface area contributed by atoms with Crippen LogP contribution >= 0.6 is 0 Å². The van der Waals surface area contributed by atoms with Gasteiger partial charge in [-0.05, 0) is 19.1 Å². The Kier molecular flexibility index (Phi) is 5.22. The van der Waals surface area contributed by atoms with Gasteiger partial charge in [-0.15, -0.1) is 5.10 Å². The molecule has 0 unspecified atom stereocenters. The zero-order valence-corrected chi connectivity index (χ0v) is 16.6. The van der Waals surface area contributed by atoms with Crippen LogP contribution in [0, 0.1) is 0 Å². The number of rotatable bonds is 4. The van der Waals surface area contributed by atoms with E-state index in [9.17, 15) is 22.8 Å². The molecule has 0 radical (unpaired) electrons. The Balaban J connectivity index is 1.79. The smallest absolute Gasteiger partial charge is 0.346 e. The lowest BCUT2D eigenvalue weighted by Crippen LogP contribution is -2.52. The van der Waals surface area contributed by atoms with Crippen LogP contribution in [0.15, 0.2) is 38.8 Å². The highest BCUT2D eigenvalue weighted by molar-refractivity contribution is 7.89. The molecule has 0 aliphatic carbocycles. The minimum absolute atomic E-state index is 0.113. The molecule has 3 rings (SSSR count). The molecule has 0 saturated carbocycles. The van der Waals surface area contributed by atoms with Gasteiger partial charge in [0, 0.05) is 45.8 Å². The van der Waals surface area contributed by atoms with E-state index in [1.54, 1.807) is 4.90 Å². The summed E-state index contributed by atoms with van der Waals surface area (Å²) in [7, 11) is -0.876. The average Bonchev–Trinajstić information content (AvgIpc) is 2.69. The molecule has 0 atom stereocenters. The quantitative estimate of drug-likeness (QED) is 0.609. The van der Waals surface area contributed by atoms with E-state index in [0.29, 0.717) is 5.56 Å². The van der Waals surface area contributed by atoms with Crippen LogP contribution in [0.4, 0.5) is 5.82 Å². The molecule has 1 aliphatic heterocycles. The molecule has 2 heterocycles. The van der Waals surface area contributed by atoms with E-state index < -0.39 is 21.3 Å². The van der Waals surface area contributed by atoms with Gasteiger partial charge in [0.1, 0.15) is 0 Å². The molecule has 0 spiro atoms. The van der Waals surface area contributed by atoms with Gasteiger partial charge in [0.05, 0.1) is 4.90 Å². The molecule has 1 aromatic heterocycles. The molecule has 0 bridgehead atoms. The van der Waals surface area contributed by atoms with Gasteiger partial charge in [0.25, 0.3) is 5.56 Å². The van der Waals surface area contributed by atoms with Crippen molar-refractivity contribution < 1.29 is 13.2 Å². The molecule has 0 N–H and O–H groups in total. The molecule has 28 heavy (non-hydrogen) atoms. The SMILES string of the molecule is CC(=O)c1ccc(S(=O)(=O)N2CCN(c3nn(C)c(=O)n(C)c3=O)CC2)cc1. The molecule has 1 fully saturated rings. The number of aryl methyl sites for hydroxylation is 1. The second-order valence-electron chi connectivity index (χ2n) is 6.57. The fraction of sp³-hybridized carbons (Fsp3) is 0.412. The maximum absolute atomic E-state index is 12.8. The summed E-state index contributed by atoms with van der Waals surface area (Å²) in [5, 5.41) is 4.03. The first kappa shape index (κ1) is 20.0. The predicted octanol–water partition coefficient (Wildman–Crippen LogP) is -0.807. The summed E-state index contributed by atoms with van der Waals surface area (Å²) in [6, 6.07) is 5.82. The van der Waals surface area contributed by atoms with Gasteiger partial charge in [-0.2, -0.15) is 4.31 Å². The van der Waals surface area contributed by atoms with Crippen molar-refractivity contribution >= 4 is 21.6 Å². The van der Waals surface area contributed by atoms with Crippen molar-refractivity contribution in [2.45, 2.75) is 11.8 Å². The summed E-state index contributed by atoms with van der Waals surface area (Å²) in [5.41, 5.74) is -0.594. The van der Waals surface area contributed by atoms with E-state index in [2.05, 4.69) is 5.10 Å². The van der Waals surface area contributed by atoms with Gasteiger partial charge in [-0.3, -0.25) is 14.2 Å². The van der Waals surface area contributed by atoms with Gasteiger partial charge >= 0.3 is 5.69 Å². The third kappa shape index (κ3) is 3.50. The maximum Gasteiger partial charge on any atom is 0.346 e. The lowest BCUT2D eigenvalue weighted by Gasteiger charge is -2.34. The van der Waals surface area contributed by atoms with Crippen LogP contribution in [-0.4, -0.2) is 59.0 Å². The molecule has 10 nitrogen and oxygen atoms in total. The first-order valence-electron chi connectivity index (χ1n) is 8.63. The second kappa shape index (κ2) is 7.32. The van der Waals surface area contributed by atoms with Crippen molar-refractivity contribution in [2.24, 2.45) is 14.1 Å². The Labute approximate surface area is 161 Å². The van der Waals surface area contributed by atoms with Gasteiger partial charge < -0.3 is 4.90 Å². The minimum Gasteiger partial charge on any atom is -0.348 e. The number of sulfonamides is 1. The van der Waals surface area contributed by atoms with Crippen LogP contribution in [-0.2, 0) is 24.1 Å². The number of hydrogen-bond acceptors (Lipinski definition) is 7. The number of nitrogens with zero attached hydrogens (tertiary/aromatic N) is 5. The van der Waals surface area contributed by atoms with Crippen molar-refractivity contribution in [3.63, 3.8) is 0 Å². The molecular formula is C17H21N5O5S. The number of piperazine rings is 1. The van der Waals surface area contributed by atoms with Gasteiger partial charge in [-0.1, -0.05) is 12.1 Å². The summed E-state index contributed by atoms with van der Waals surface area (Å²) in [4.78, 5) is 37.2. The summed E-state index contributed by atoms with van der Waals surface area (Å²) >= 11 is 0. The molecular weight excluding hydrogens is 386 g/mol. The van der Waals surface area contributed by atoms with E-state index in [1.165, 1.54) is 49.6 Å². The van der Waals surface area contributed by atoms with Crippen LogP contribution < -0.4 is 16.1 Å². The summed E-state index contributed by atoms with van der Waals surface area (Å²) < 4.78 is 29.0. The van der Waals surface area contributed by atoms with Crippen LogP contribution in [0.2, 0.25) is 0 Å². The van der Waals surface area contributed by atoms with Crippen molar-refractivity contribution in [3.8, 4) is 0 Å². The van der Waals surface area contributed by atoms with E-state index in [-0.39, 0.29) is 42.7 Å². The van der Waals surface area contributed by atoms with Gasteiger partial charge in [0.2, 0.25) is 15.8 Å². The van der Waals surface area contributed by atoms with Crippen LogP contribution in [0.25, 0.3) is 0 Å².